The summed E-state index contributed by atoms with van der Waals surface area (Å²) >= 11 is 1.54. The first-order valence-electron chi connectivity index (χ1n) is 10.2. The van der Waals surface area contributed by atoms with Gasteiger partial charge in [0, 0.05) is 29.1 Å². The Kier molecular flexibility index (Phi) is 6.61. The minimum atomic E-state index is -0.282. The first-order chi connectivity index (χ1) is 15.5. The highest BCUT2D eigenvalue weighted by atomic mass is 32.2. The number of hydrogen-bond donors (Lipinski definition) is 1. The lowest BCUT2D eigenvalue weighted by Gasteiger charge is -2.10. The van der Waals surface area contributed by atoms with Crippen molar-refractivity contribution < 1.29 is 14.1 Å². The molecule has 4 aromatic rings. The van der Waals surface area contributed by atoms with Crippen molar-refractivity contribution in [3.63, 3.8) is 0 Å². The molecule has 0 aliphatic carbocycles. The molecule has 7 nitrogen and oxygen atoms in total. The van der Waals surface area contributed by atoms with Crippen LogP contribution in [-0.4, -0.2) is 33.2 Å². The number of hydrogen-bond acceptors (Lipinski definition) is 6. The fraction of sp³-hybridized carbons (Fsp3) is 0.208. The van der Waals surface area contributed by atoms with Crippen LogP contribution in [0.5, 0.6) is 5.75 Å². The van der Waals surface area contributed by atoms with Crippen LogP contribution in [0, 0.1) is 6.92 Å². The van der Waals surface area contributed by atoms with Crippen LogP contribution in [0.2, 0.25) is 0 Å². The summed E-state index contributed by atoms with van der Waals surface area (Å²) in [6.07, 6.45) is 2.02. The molecule has 2 aromatic carbocycles. The van der Waals surface area contributed by atoms with E-state index in [1.807, 2.05) is 72.4 Å². The van der Waals surface area contributed by atoms with Crippen LogP contribution >= 0.6 is 11.8 Å². The zero-order chi connectivity index (χ0) is 22.5. The van der Waals surface area contributed by atoms with E-state index >= 15 is 0 Å². The van der Waals surface area contributed by atoms with E-state index < -0.39 is 0 Å². The fourth-order valence-electron chi connectivity index (χ4n) is 3.16. The van der Waals surface area contributed by atoms with Gasteiger partial charge in [0.05, 0.1) is 23.7 Å². The van der Waals surface area contributed by atoms with Gasteiger partial charge in [-0.1, -0.05) is 23.4 Å². The molecular formula is C24H24N4O3S. The fourth-order valence-corrected chi connectivity index (χ4v) is 4.01. The van der Waals surface area contributed by atoms with Gasteiger partial charge in [0.25, 0.3) is 0 Å². The van der Waals surface area contributed by atoms with Crippen LogP contribution in [0.1, 0.15) is 18.2 Å². The predicted molar refractivity (Wildman–Crippen MR) is 126 cm³/mol. The molecule has 0 aliphatic heterocycles. The molecule has 8 heteroatoms. The Bertz CT molecular complexity index is 1190. The molecule has 4 rings (SSSR count). The van der Waals surface area contributed by atoms with Crippen molar-refractivity contribution in [2.24, 2.45) is 0 Å². The van der Waals surface area contributed by atoms with Crippen molar-refractivity contribution in [2.75, 3.05) is 12.4 Å². The number of aryl methyl sites for hydroxylation is 1. The van der Waals surface area contributed by atoms with Crippen molar-refractivity contribution in [1.29, 1.82) is 0 Å². The summed E-state index contributed by atoms with van der Waals surface area (Å²) < 4.78 is 12.2. The maximum Gasteiger partial charge on any atom is 0.238 e. The number of carbonyl (C=O) groups excluding carboxylic acids is 1. The lowest BCUT2D eigenvalue weighted by molar-refractivity contribution is -0.115. The number of para-hydroxylation sites is 1. The van der Waals surface area contributed by atoms with Gasteiger partial charge in [-0.05, 0) is 50.2 Å². The summed E-state index contributed by atoms with van der Waals surface area (Å²) in [4.78, 5) is 12.5. The number of carbonyl (C=O) groups is 1. The van der Waals surface area contributed by atoms with Gasteiger partial charge in [0.15, 0.2) is 5.82 Å². The van der Waals surface area contributed by atoms with Gasteiger partial charge in [-0.25, -0.2) is 4.68 Å². The van der Waals surface area contributed by atoms with Crippen molar-refractivity contribution in [3.05, 3.63) is 78.2 Å². The lowest BCUT2D eigenvalue weighted by Crippen LogP contribution is -2.22. The molecule has 0 saturated heterocycles. The Labute approximate surface area is 190 Å². The minimum absolute atomic E-state index is 0.121. The Morgan fingerprint density at radius 3 is 2.59 bits per heavy atom. The van der Waals surface area contributed by atoms with Gasteiger partial charge in [-0.3, -0.25) is 4.79 Å². The third kappa shape index (κ3) is 5.03. The normalized spacial score (nSPS) is 11.8. The Hall–Kier alpha value is -3.52. The second-order valence-electron chi connectivity index (χ2n) is 7.28. The summed E-state index contributed by atoms with van der Waals surface area (Å²) in [7, 11) is 1.65. The molecule has 0 spiro atoms. The van der Waals surface area contributed by atoms with E-state index in [0.717, 1.165) is 28.3 Å². The smallest absolute Gasteiger partial charge is 0.238 e. The summed E-state index contributed by atoms with van der Waals surface area (Å²) in [6.45, 7) is 3.66. The lowest BCUT2D eigenvalue weighted by atomic mass is 10.1. The molecule has 32 heavy (non-hydrogen) atoms. The van der Waals surface area contributed by atoms with Crippen LogP contribution < -0.4 is 10.1 Å². The third-order valence-corrected chi connectivity index (χ3v) is 6.10. The molecule has 0 saturated carbocycles. The highest BCUT2D eigenvalue weighted by molar-refractivity contribution is 7.99. The zero-order valence-electron chi connectivity index (χ0n) is 18.1. The van der Waals surface area contributed by atoms with E-state index in [1.54, 1.807) is 31.9 Å². The summed E-state index contributed by atoms with van der Waals surface area (Å²) in [5, 5.41) is 11.2. The summed E-state index contributed by atoms with van der Waals surface area (Å²) in [6, 6.07) is 19.5. The average molecular weight is 449 g/mol. The van der Waals surface area contributed by atoms with E-state index in [-0.39, 0.29) is 11.2 Å². The first-order valence-corrected chi connectivity index (χ1v) is 11.2. The number of benzene rings is 2. The number of methoxy groups -OCH3 is 1. The highest BCUT2D eigenvalue weighted by Gasteiger charge is 2.18. The molecule has 0 aliphatic rings. The van der Waals surface area contributed by atoms with E-state index in [0.29, 0.717) is 17.3 Å². The molecule has 1 N–H and O–H groups in total. The minimum Gasteiger partial charge on any atom is -0.497 e. The van der Waals surface area contributed by atoms with Crippen LogP contribution in [0.15, 0.2) is 71.4 Å². The first kappa shape index (κ1) is 21.7. The van der Waals surface area contributed by atoms with Crippen LogP contribution in [0.25, 0.3) is 16.9 Å². The zero-order valence-corrected chi connectivity index (χ0v) is 18.9. The second kappa shape index (κ2) is 9.74. The topological polar surface area (TPSA) is 82.2 Å². The number of ether oxygens (including phenoxy) is 1. The maximum absolute atomic E-state index is 12.5. The van der Waals surface area contributed by atoms with E-state index in [1.165, 1.54) is 0 Å². The molecular weight excluding hydrogens is 424 g/mol. The molecule has 1 atom stereocenters. The van der Waals surface area contributed by atoms with Crippen LogP contribution in [0.3, 0.4) is 0 Å². The number of nitrogens with one attached hydrogen (secondary N) is 1. The maximum atomic E-state index is 12.5. The Morgan fingerprint density at radius 2 is 1.94 bits per heavy atom. The number of nitrogens with zero attached hydrogens (tertiary/aromatic N) is 3. The van der Waals surface area contributed by atoms with Crippen molar-refractivity contribution in [2.45, 2.75) is 24.9 Å². The number of anilines is 1. The summed E-state index contributed by atoms with van der Waals surface area (Å²) in [5.41, 5.74) is 3.89. The molecule has 2 heterocycles. The van der Waals surface area contributed by atoms with E-state index in [4.69, 9.17) is 14.4 Å². The summed E-state index contributed by atoms with van der Waals surface area (Å²) in [5.74, 6) is 2.37. The Balaban J connectivity index is 1.54. The second-order valence-corrected chi connectivity index (χ2v) is 8.61. The number of amides is 1. The molecule has 0 bridgehead atoms. The van der Waals surface area contributed by atoms with Gasteiger partial charge < -0.3 is 14.6 Å². The third-order valence-electron chi connectivity index (χ3n) is 4.91. The highest BCUT2D eigenvalue weighted by Crippen LogP contribution is 2.30. The number of aromatic nitrogens is 3. The molecule has 0 radical (unpaired) electrons. The van der Waals surface area contributed by atoms with Gasteiger partial charge in [-0.2, -0.15) is 5.10 Å². The van der Waals surface area contributed by atoms with E-state index in [9.17, 15) is 4.79 Å². The monoisotopic (exact) mass is 448 g/mol. The standard InChI is InChI=1S/C24H24N4O3S/c1-16-13-22(27-31-16)25-24(29)17(2)32-15-19-14-28(20-7-5-4-6-8-20)26-23(19)18-9-11-21(30-3)12-10-18/h4-14,17H,15H2,1-3H3,(H,25,27,29). The van der Waals surface area contributed by atoms with Gasteiger partial charge >= 0.3 is 0 Å². The molecule has 1 amide bonds. The van der Waals surface area contributed by atoms with E-state index in [2.05, 4.69) is 10.5 Å². The van der Waals surface area contributed by atoms with Crippen LogP contribution in [0.4, 0.5) is 5.82 Å². The van der Waals surface area contributed by atoms with Crippen molar-refractivity contribution >= 4 is 23.5 Å². The molecule has 2 aromatic heterocycles. The number of thioether (sulfide) groups is 1. The predicted octanol–water partition coefficient (Wildman–Crippen LogP) is 5.10. The van der Waals surface area contributed by atoms with Crippen molar-refractivity contribution in [1.82, 2.24) is 14.9 Å². The van der Waals surface area contributed by atoms with Gasteiger partial charge in [0.1, 0.15) is 11.5 Å². The molecule has 0 fully saturated rings. The molecule has 164 valence electrons. The molecule has 1 unspecified atom stereocenters. The van der Waals surface area contributed by atoms with Crippen molar-refractivity contribution in [3.8, 4) is 22.7 Å². The van der Waals surface area contributed by atoms with Gasteiger partial charge in [-0.15, -0.1) is 11.8 Å². The SMILES string of the molecule is COc1ccc(-c2nn(-c3ccccc3)cc2CSC(C)C(=O)Nc2cc(C)on2)cc1. The quantitative estimate of drug-likeness (QED) is 0.404. The van der Waals surface area contributed by atoms with Crippen LogP contribution in [-0.2, 0) is 10.5 Å². The Morgan fingerprint density at radius 1 is 1.19 bits per heavy atom. The largest absolute Gasteiger partial charge is 0.497 e. The average Bonchev–Trinajstić information content (AvgIpc) is 3.44. The number of rotatable bonds is 8. The van der Waals surface area contributed by atoms with Gasteiger partial charge in [0.2, 0.25) is 5.91 Å².